The lowest BCUT2D eigenvalue weighted by atomic mass is 10.0. The van der Waals surface area contributed by atoms with Crippen molar-refractivity contribution in [1.82, 2.24) is 5.32 Å². The number of nitriles is 1. The Hall–Kier alpha value is -2.81. The number of carbonyl (C=O) groups is 2. The van der Waals surface area contributed by atoms with E-state index in [4.69, 9.17) is 5.11 Å². The number of nitrogens with one attached hydrogen (secondary N) is 1. The molecule has 0 unspecified atom stereocenters. The molecular weight excluding hydrogens is 294 g/mol. The van der Waals surface area contributed by atoms with Gasteiger partial charge in [-0.2, -0.15) is 5.26 Å². The minimum Gasteiger partial charge on any atom is -0.481 e. The number of carboxylic acids is 1. The molecule has 23 heavy (non-hydrogen) atoms. The Morgan fingerprint density at radius 2 is 2.17 bits per heavy atom. The number of aliphatic carboxylic acids is 1. The molecule has 0 fully saturated rings. The van der Waals surface area contributed by atoms with E-state index >= 15 is 0 Å². The van der Waals surface area contributed by atoms with Gasteiger partial charge >= 0.3 is 5.97 Å². The number of rotatable bonds is 6. The third-order valence-electron chi connectivity index (χ3n) is 3.66. The fourth-order valence-electron chi connectivity index (χ4n) is 2.55. The van der Waals surface area contributed by atoms with Crippen molar-refractivity contribution in [2.45, 2.75) is 25.7 Å². The van der Waals surface area contributed by atoms with Crippen LogP contribution in [0.4, 0.5) is 5.69 Å². The quantitative estimate of drug-likeness (QED) is 0.475. The maximum atomic E-state index is 12.6. The van der Waals surface area contributed by atoms with Gasteiger partial charge in [-0.15, -0.1) is 0 Å². The highest BCUT2D eigenvalue weighted by atomic mass is 16.4. The zero-order valence-corrected chi connectivity index (χ0v) is 12.8. The summed E-state index contributed by atoms with van der Waals surface area (Å²) in [6, 6.07) is 9.63. The van der Waals surface area contributed by atoms with Crippen LogP contribution in [0, 0.1) is 11.3 Å². The molecule has 1 aromatic rings. The summed E-state index contributed by atoms with van der Waals surface area (Å²) in [5, 5.41) is 20.6. The highest BCUT2D eigenvalue weighted by molar-refractivity contribution is 6.08. The van der Waals surface area contributed by atoms with Crippen LogP contribution in [0.25, 0.3) is 0 Å². The van der Waals surface area contributed by atoms with Gasteiger partial charge < -0.3 is 15.3 Å². The molecule has 0 radical (unpaired) electrons. The number of amides is 1. The third-order valence-corrected chi connectivity index (χ3v) is 3.66. The normalized spacial score (nSPS) is 13.9. The molecule has 1 aliphatic heterocycles. The highest BCUT2D eigenvalue weighted by Crippen LogP contribution is 2.27. The van der Waals surface area contributed by atoms with Crippen molar-refractivity contribution in [3.8, 4) is 6.07 Å². The zero-order chi connectivity index (χ0) is 16.7. The van der Waals surface area contributed by atoms with E-state index in [1.165, 1.54) is 6.20 Å². The van der Waals surface area contributed by atoms with Gasteiger partial charge in [-0.25, -0.2) is 0 Å². The predicted molar refractivity (Wildman–Crippen MR) is 85.7 cm³/mol. The van der Waals surface area contributed by atoms with E-state index in [1.807, 2.05) is 30.3 Å². The van der Waals surface area contributed by atoms with E-state index in [1.54, 1.807) is 4.90 Å². The standard InChI is InChI=1S/C17H19N3O3/c18-11-14(12-19-9-3-8-16(21)22)17(23)20-10-4-6-13-5-1-2-7-15(13)20/h1-2,5,7,12,19H,3-4,6,8-10H2,(H,21,22)/b14-12-. The van der Waals surface area contributed by atoms with E-state index in [9.17, 15) is 14.9 Å². The second-order valence-corrected chi connectivity index (χ2v) is 5.31. The lowest BCUT2D eigenvalue weighted by Gasteiger charge is -2.29. The topological polar surface area (TPSA) is 93.4 Å². The molecule has 2 N–H and O–H groups in total. The molecule has 0 saturated heterocycles. The van der Waals surface area contributed by atoms with Gasteiger partial charge in [0.15, 0.2) is 0 Å². The van der Waals surface area contributed by atoms with Gasteiger partial charge in [-0.05, 0) is 30.9 Å². The molecule has 1 heterocycles. The van der Waals surface area contributed by atoms with Crippen LogP contribution in [0.2, 0.25) is 0 Å². The minimum atomic E-state index is -0.864. The van der Waals surface area contributed by atoms with Gasteiger partial charge in [0, 0.05) is 31.4 Å². The van der Waals surface area contributed by atoms with Crippen molar-refractivity contribution >= 4 is 17.6 Å². The van der Waals surface area contributed by atoms with Crippen LogP contribution < -0.4 is 10.2 Å². The van der Waals surface area contributed by atoms with Gasteiger partial charge in [-0.1, -0.05) is 18.2 Å². The summed E-state index contributed by atoms with van der Waals surface area (Å²) in [4.78, 5) is 24.6. The maximum Gasteiger partial charge on any atom is 0.303 e. The number of benzene rings is 1. The Morgan fingerprint density at radius 1 is 1.39 bits per heavy atom. The van der Waals surface area contributed by atoms with Crippen LogP contribution in [-0.4, -0.2) is 30.1 Å². The van der Waals surface area contributed by atoms with Crippen molar-refractivity contribution in [2.24, 2.45) is 0 Å². The molecule has 1 aromatic carbocycles. The zero-order valence-electron chi connectivity index (χ0n) is 12.8. The molecule has 2 rings (SSSR count). The fourth-order valence-corrected chi connectivity index (χ4v) is 2.55. The van der Waals surface area contributed by atoms with Gasteiger partial charge in [-0.3, -0.25) is 9.59 Å². The second-order valence-electron chi connectivity index (χ2n) is 5.31. The number of para-hydroxylation sites is 1. The number of hydrogen-bond donors (Lipinski definition) is 2. The van der Waals surface area contributed by atoms with Crippen molar-refractivity contribution in [2.75, 3.05) is 18.0 Å². The highest BCUT2D eigenvalue weighted by Gasteiger charge is 2.24. The summed E-state index contributed by atoms with van der Waals surface area (Å²) in [5.41, 5.74) is 1.99. The van der Waals surface area contributed by atoms with Crippen molar-refractivity contribution in [1.29, 1.82) is 5.26 Å². The van der Waals surface area contributed by atoms with Crippen LogP contribution in [0.1, 0.15) is 24.8 Å². The molecule has 0 aromatic heterocycles. The number of carbonyl (C=O) groups excluding carboxylic acids is 1. The van der Waals surface area contributed by atoms with Gasteiger partial charge in [0.2, 0.25) is 0 Å². The van der Waals surface area contributed by atoms with Crippen molar-refractivity contribution in [3.63, 3.8) is 0 Å². The number of carboxylic acid groups (broad SMARTS) is 1. The molecular formula is C17H19N3O3. The predicted octanol–water partition coefficient (Wildman–Crippen LogP) is 1.83. The monoisotopic (exact) mass is 313 g/mol. The molecule has 1 aliphatic rings. The average molecular weight is 313 g/mol. The van der Waals surface area contributed by atoms with Gasteiger partial charge in [0.1, 0.15) is 11.6 Å². The number of fused-ring (bicyclic) bond motifs is 1. The lowest BCUT2D eigenvalue weighted by molar-refractivity contribution is -0.137. The summed E-state index contributed by atoms with van der Waals surface area (Å²) in [7, 11) is 0. The Kier molecular flexibility index (Phi) is 5.75. The molecule has 0 atom stereocenters. The van der Waals surface area contributed by atoms with Gasteiger partial charge in [0.05, 0.1) is 0 Å². The SMILES string of the molecule is N#C/C(=C/NCCCC(=O)O)C(=O)N1CCCc2ccccc21. The van der Waals surface area contributed by atoms with Gasteiger partial charge in [0.25, 0.3) is 5.91 Å². The minimum absolute atomic E-state index is 0.0250. The molecule has 0 bridgehead atoms. The molecule has 0 aliphatic carbocycles. The molecule has 1 amide bonds. The van der Waals surface area contributed by atoms with Crippen molar-refractivity contribution < 1.29 is 14.7 Å². The van der Waals surface area contributed by atoms with Crippen LogP contribution >= 0.6 is 0 Å². The smallest absolute Gasteiger partial charge is 0.303 e. The van der Waals surface area contributed by atoms with Crippen LogP contribution in [0.15, 0.2) is 36.0 Å². The maximum absolute atomic E-state index is 12.6. The summed E-state index contributed by atoms with van der Waals surface area (Å²) < 4.78 is 0. The van der Waals surface area contributed by atoms with Crippen LogP contribution in [0.5, 0.6) is 0 Å². The average Bonchev–Trinajstić information content (AvgIpc) is 2.57. The Labute approximate surface area is 135 Å². The Balaban J connectivity index is 2.03. The summed E-state index contributed by atoms with van der Waals surface area (Å²) in [6.45, 7) is 0.995. The first-order valence-electron chi connectivity index (χ1n) is 7.58. The van der Waals surface area contributed by atoms with Crippen LogP contribution in [0.3, 0.4) is 0 Å². The number of anilines is 1. The fraction of sp³-hybridized carbons (Fsp3) is 0.353. The summed E-state index contributed by atoms with van der Waals surface area (Å²) in [5.74, 6) is -1.19. The number of nitrogens with zero attached hydrogens (tertiary/aromatic N) is 2. The number of aryl methyl sites for hydroxylation is 1. The van der Waals surface area contributed by atoms with E-state index in [0.717, 1.165) is 24.1 Å². The Morgan fingerprint density at radius 3 is 2.91 bits per heavy atom. The van der Waals surface area contributed by atoms with Crippen LogP contribution in [-0.2, 0) is 16.0 Å². The molecule has 6 heteroatoms. The first-order valence-corrected chi connectivity index (χ1v) is 7.58. The first-order chi connectivity index (χ1) is 11.1. The van der Waals surface area contributed by atoms with E-state index in [-0.39, 0.29) is 17.9 Å². The third kappa shape index (κ3) is 4.33. The second kappa shape index (κ2) is 7.99. The molecule has 120 valence electrons. The van der Waals surface area contributed by atoms with E-state index in [0.29, 0.717) is 19.5 Å². The number of hydrogen-bond acceptors (Lipinski definition) is 4. The molecule has 0 saturated carbocycles. The summed E-state index contributed by atoms with van der Waals surface area (Å²) >= 11 is 0. The van der Waals surface area contributed by atoms with E-state index < -0.39 is 5.97 Å². The first kappa shape index (κ1) is 16.6. The lowest BCUT2D eigenvalue weighted by Crippen LogP contribution is -2.36. The largest absolute Gasteiger partial charge is 0.481 e. The Bertz CT molecular complexity index is 661. The van der Waals surface area contributed by atoms with E-state index in [2.05, 4.69) is 5.32 Å². The van der Waals surface area contributed by atoms with Crippen molar-refractivity contribution in [3.05, 3.63) is 41.6 Å². The summed E-state index contributed by atoms with van der Waals surface area (Å²) in [6.07, 6.45) is 3.66. The molecule has 6 nitrogen and oxygen atoms in total. The molecule has 0 spiro atoms.